The van der Waals surface area contributed by atoms with Crippen molar-refractivity contribution in [3.63, 3.8) is 0 Å². The third-order valence-electron chi connectivity index (χ3n) is 6.52. The Kier molecular flexibility index (Phi) is 5.94. The minimum absolute atomic E-state index is 0.00441. The van der Waals surface area contributed by atoms with Crippen LogP contribution in [0.3, 0.4) is 0 Å². The average molecular weight is 474 g/mol. The van der Waals surface area contributed by atoms with Gasteiger partial charge in [0.05, 0.1) is 22.5 Å². The number of carbonyl (C=O) groups excluding carboxylic acids is 1. The monoisotopic (exact) mass is 473 g/mol. The largest absolute Gasteiger partial charge is 0.341 e. The van der Waals surface area contributed by atoms with E-state index in [0.717, 1.165) is 35.5 Å². The molecular weight excluding hydrogens is 446 g/mol. The molecule has 5 rings (SSSR count). The number of carbonyl (C=O) groups is 1. The van der Waals surface area contributed by atoms with Gasteiger partial charge >= 0.3 is 5.69 Å². The molecule has 0 atom stereocenters. The van der Waals surface area contributed by atoms with Crippen LogP contribution < -0.4 is 4.90 Å². The molecule has 1 fully saturated rings. The maximum atomic E-state index is 13.2. The molecular formula is C25H27N7O3. The van der Waals surface area contributed by atoms with E-state index in [1.54, 1.807) is 18.5 Å². The van der Waals surface area contributed by atoms with E-state index in [1.807, 2.05) is 53.4 Å². The fourth-order valence-electron chi connectivity index (χ4n) is 4.64. The molecule has 2 aromatic heterocycles. The zero-order valence-electron chi connectivity index (χ0n) is 19.8. The summed E-state index contributed by atoms with van der Waals surface area (Å²) in [7, 11) is 0. The summed E-state index contributed by atoms with van der Waals surface area (Å²) in [4.78, 5) is 36.2. The SMILES string of the molecule is Cc1nn(Cc2ccc(C(=O)N3CCCN(c4nc5ccccc5[nH]4)CC3)cc2)c(C)c1[N+](=O)[O-]. The Morgan fingerprint density at radius 3 is 2.54 bits per heavy atom. The predicted octanol–water partition coefficient (Wildman–Crippen LogP) is 3.69. The van der Waals surface area contributed by atoms with Crippen LogP contribution in [0, 0.1) is 24.0 Å². The first-order valence-electron chi connectivity index (χ1n) is 11.7. The number of amides is 1. The smallest absolute Gasteiger partial charge is 0.312 e. The third kappa shape index (κ3) is 4.46. The van der Waals surface area contributed by atoms with Gasteiger partial charge in [0, 0.05) is 31.7 Å². The number of rotatable bonds is 5. The zero-order chi connectivity index (χ0) is 24.5. The molecule has 1 N–H and O–H groups in total. The van der Waals surface area contributed by atoms with E-state index in [0.29, 0.717) is 43.1 Å². The van der Waals surface area contributed by atoms with E-state index in [-0.39, 0.29) is 11.6 Å². The van der Waals surface area contributed by atoms with Crippen molar-refractivity contribution in [2.24, 2.45) is 0 Å². The first-order chi connectivity index (χ1) is 16.9. The number of H-pyrrole nitrogens is 1. The second kappa shape index (κ2) is 9.21. The van der Waals surface area contributed by atoms with E-state index in [9.17, 15) is 14.9 Å². The molecule has 1 saturated heterocycles. The van der Waals surface area contributed by atoms with Gasteiger partial charge in [-0.15, -0.1) is 0 Å². The minimum atomic E-state index is -0.396. The number of aryl methyl sites for hydroxylation is 1. The van der Waals surface area contributed by atoms with Crippen molar-refractivity contribution in [1.29, 1.82) is 0 Å². The lowest BCUT2D eigenvalue weighted by Crippen LogP contribution is -2.35. The molecule has 0 saturated carbocycles. The lowest BCUT2D eigenvalue weighted by molar-refractivity contribution is -0.386. The van der Waals surface area contributed by atoms with Crippen molar-refractivity contribution in [1.82, 2.24) is 24.6 Å². The van der Waals surface area contributed by atoms with Gasteiger partial charge in [-0.1, -0.05) is 24.3 Å². The Labute approximate surface area is 202 Å². The first kappa shape index (κ1) is 22.6. The zero-order valence-corrected chi connectivity index (χ0v) is 19.8. The Bertz CT molecular complexity index is 1360. The summed E-state index contributed by atoms with van der Waals surface area (Å²) in [5.74, 6) is 0.846. The highest BCUT2D eigenvalue weighted by atomic mass is 16.6. The standard InChI is InChI=1S/C25H27N7O3/c1-17-23(32(34)35)18(2)31(28-17)16-19-8-10-20(11-9-19)24(33)29-12-5-13-30(15-14-29)25-26-21-6-3-4-7-22(21)27-25/h3-4,6-11H,5,12-16H2,1-2H3,(H,26,27). The molecule has 3 heterocycles. The summed E-state index contributed by atoms with van der Waals surface area (Å²) in [6.45, 7) is 6.59. The van der Waals surface area contributed by atoms with Gasteiger partial charge < -0.3 is 14.8 Å². The fraction of sp³-hybridized carbons (Fsp3) is 0.320. The van der Waals surface area contributed by atoms with Crippen LogP contribution in [0.15, 0.2) is 48.5 Å². The number of para-hydroxylation sites is 2. The summed E-state index contributed by atoms with van der Waals surface area (Å²) in [6.07, 6.45) is 0.859. The summed E-state index contributed by atoms with van der Waals surface area (Å²) < 4.78 is 1.63. The maximum absolute atomic E-state index is 13.2. The molecule has 10 nitrogen and oxygen atoms in total. The molecule has 4 aromatic rings. The van der Waals surface area contributed by atoms with Crippen LogP contribution >= 0.6 is 0 Å². The van der Waals surface area contributed by atoms with Gasteiger partial charge in [0.15, 0.2) is 0 Å². The fourth-order valence-corrected chi connectivity index (χ4v) is 4.64. The van der Waals surface area contributed by atoms with Crippen LogP contribution in [0.5, 0.6) is 0 Å². The topological polar surface area (TPSA) is 113 Å². The van der Waals surface area contributed by atoms with Gasteiger partial charge in [-0.05, 0) is 50.1 Å². The van der Waals surface area contributed by atoms with Crippen LogP contribution in [-0.4, -0.2) is 61.7 Å². The molecule has 2 aromatic carbocycles. The first-order valence-corrected chi connectivity index (χ1v) is 11.7. The number of nitrogens with zero attached hydrogens (tertiary/aromatic N) is 6. The van der Waals surface area contributed by atoms with Gasteiger partial charge in [-0.25, -0.2) is 4.98 Å². The molecule has 0 radical (unpaired) electrons. The molecule has 0 unspecified atom stereocenters. The van der Waals surface area contributed by atoms with Gasteiger partial charge in [0.2, 0.25) is 5.95 Å². The van der Waals surface area contributed by atoms with Crippen molar-refractivity contribution >= 4 is 28.6 Å². The van der Waals surface area contributed by atoms with Gasteiger partial charge in [-0.2, -0.15) is 5.10 Å². The van der Waals surface area contributed by atoms with Crippen molar-refractivity contribution in [3.05, 3.63) is 81.2 Å². The summed E-state index contributed by atoms with van der Waals surface area (Å²) in [5, 5.41) is 15.5. The van der Waals surface area contributed by atoms with E-state index in [4.69, 9.17) is 4.98 Å². The Morgan fingerprint density at radius 2 is 1.83 bits per heavy atom. The highest BCUT2D eigenvalue weighted by Gasteiger charge is 2.23. The van der Waals surface area contributed by atoms with Crippen molar-refractivity contribution in [3.8, 4) is 0 Å². The lowest BCUT2D eigenvalue weighted by Gasteiger charge is -2.22. The third-order valence-corrected chi connectivity index (χ3v) is 6.52. The van der Waals surface area contributed by atoms with E-state index in [2.05, 4.69) is 15.0 Å². The number of benzene rings is 2. The van der Waals surface area contributed by atoms with Crippen molar-refractivity contribution < 1.29 is 9.72 Å². The quantitative estimate of drug-likeness (QED) is 0.349. The number of hydrogen-bond donors (Lipinski definition) is 1. The van der Waals surface area contributed by atoms with E-state index < -0.39 is 4.92 Å². The van der Waals surface area contributed by atoms with Crippen LogP contribution in [0.4, 0.5) is 11.6 Å². The number of imidazole rings is 1. The average Bonchev–Trinajstić information content (AvgIpc) is 3.29. The molecule has 1 aliphatic heterocycles. The van der Waals surface area contributed by atoms with Crippen LogP contribution in [-0.2, 0) is 6.54 Å². The molecule has 10 heteroatoms. The predicted molar refractivity (Wildman–Crippen MR) is 133 cm³/mol. The molecule has 35 heavy (non-hydrogen) atoms. The number of nitro groups is 1. The van der Waals surface area contributed by atoms with Crippen LogP contribution in [0.1, 0.15) is 33.7 Å². The number of hydrogen-bond acceptors (Lipinski definition) is 6. The van der Waals surface area contributed by atoms with Gasteiger partial charge in [0.25, 0.3) is 5.91 Å². The van der Waals surface area contributed by atoms with Crippen molar-refractivity contribution in [2.45, 2.75) is 26.8 Å². The molecule has 180 valence electrons. The number of aromatic amines is 1. The number of nitrogens with one attached hydrogen (secondary N) is 1. The van der Waals surface area contributed by atoms with E-state index >= 15 is 0 Å². The van der Waals surface area contributed by atoms with Gasteiger partial charge in [-0.3, -0.25) is 19.6 Å². The second-order valence-corrected chi connectivity index (χ2v) is 8.84. The number of anilines is 1. The minimum Gasteiger partial charge on any atom is -0.341 e. The summed E-state index contributed by atoms with van der Waals surface area (Å²) >= 11 is 0. The lowest BCUT2D eigenvalue weighted by atomic mass is 10.1. The normalized spacial score (nSPS) is 14.3. The Balaban J connectivity index is 1.24. The maximum Gasteiger partial charge on any atom is 0.312 e. The molecule has 0 aliphatic carbocycles. The summed E-state index contributed by atoms with van der Waals surface area (Å²) in [6, 6.07) is 15.4. The van der Waals surface area contributed by atoms with Crippen LogP contribution in [0.2, 0.25) is 0 Å². The Hall–Kier alpha value is -4.21. The second-order valence-electron chi connectivity index (χ2n) is 8.84. The van der Waals surface area contributed by atoms with Crippen molar-refractivity contribution in [2.75, 3.05) is 31.1 Å². The van der Waals surface area contributed by atoms with Crippen LogP contribution in [0.25, 0.3) is 11.0 Å². The molecule has 1 aliphatic rings. The van der Waals surface area contributed by atoms with Gasteiger partial charge in [0.1, 0.15) is 11.4 Å². The number of aromatic nitrogens is 4. The highest BCUT2D eigenvalue weighted by molar-refractivity contribution is 5.94. The number of fused-ring (bicyclic) bond motifs is 1. The Morgan fingerprint density at radius 1 is 1.06 bits per heavy atom. The molecule has 0 bridgehead atoms. The molecule has 1 amide bonds. The summed E-state index contributed by atoms with van der Waals surface area (Å²) in [5.41, 5.74) is 4.47. The molecule has 0 spiro atoms. The highest BCUT2D eigenvalue weighted by Crippen LogP contribution is 2.23. The van der Waals surface area contributed by atoms with E-state index in [1.165, 1.54) is 0 Å².